The molecule has 6 nitrogen and oxygen atoms in total. The van der Waals surface area contributed by atoms with Gasteiger partial charge in [-0.15, -0.1) is 0 Å². The molecule has 1 aliphatic rings. The molecule has 0 aromatic rings. The molecule has 1 saturated heterocycles. The maximum absolute atomic E-state index is 11.9. The van der Waals surface area contributed by atoms with Crippen LogP contribution in [0.15, 0.2) is 0 Å². The molecule has 0 saturated carbocycles. The van der Waals surface area contributed by atoms with Crippen LogP contribution in [0.25, 0.3) is 0 Å². The Morgan fingerprint density at radius 1 is 1.33 bits per heavy atom. The van der Waals surface area contributed by atoms with E-state index in [2.05, 4.69) is 5.32 Å². The molecule has 0 aromatic heterocycles. The van der Waals surface area contributed by atoms with E-state index in [-0.39, 0.29) is 30.6 Å². The average molecular weight is 298 g/mol. The van der Waals surface area contributed by atoms with Crippen molar-refractivity contribution < 1.29 is 19.1 Å². The molecule has 1 fully saturated rings. The lowest BCUT2D eigenvalue weighted by Gasteiger charge is -2.28. The summed E-state index contributed by atoms with van der Waals surface area (Å²) >= 11 is 0. The first-order valence-electron chi connectivity index (χ1n) is 7.58. The molecule has 6 heteroatoms. The number of likely N-dealkylation sites (tertiary alicyclic amines) is 1. The Kier molecular flexibility index (Phi) is 6.65. The number of hydrogen-bond donors (Lipinski definition) is 1. The van der Waals surface area contributed by atoms with Gasteiger partial charge in [-0.05, 0) is 33.6 Å². The van der Waals surface area contributed by atoms with Crippen LogP contribution in [0, 0.1) is 0 Å². The fourth-order valence-electron chi connectivity index (χ4n) is 2.39. The van der Waals surface area contributed by atoms with Crippen LogP contribution in [-0.4, -0.2) is 47.9 Å². The lowest BCUT2D eigenvalue weighted by molar-refractivity contribution is -0.144. The van der Waals surface area contributed by atoms with E-state index in [0.717, 1.165) is 19.4 Å². The summed E-state index contributed by atoms with van der Waals surface area (Å²) in [5.74, 6) is -0.350. The summed E-state index contributed by atoms with van der Waals surface area (Å²) in [6.45, 7) is 6.83. The van der Waals surface area contributed by atoms with Crippen LogP contribution in [0.2, 0.25) is 0 Å². The number of ether oxygens (including phenoxy) is 1. The van der Waals surface area contributed by atoms with Crippen molar-refractivity contribution in [3.8, 4) is 0 Å². The maximum Gasteiger partial charge on any atom is 0.308 e. The average Bonchev–Trinajstić information content (AvgIpc) is 2.36. The molecular formula is C15H26N2O4. The monoisotopic (exact) mass is 298 g/mol. The number of hydrogen-bond acceptors (Lipinski definition) is 4. The minimum atomic E-state index is -0.644. The van der Waals surface area contributed by atoms with Gasteiger partial charge in [0.2, 0.25) is 11.8 Å². The molecule has 1 aliphatic heterocycles. The number of nitrogens with zero attached hydrogens (tertiary/aromatic N) is 1. The highest BCUT2D eigenvalue weighted by Crippen LogP contribution is 2.12. The van der Waals surface area contributed by atoms with Crippen molar-refractivity contribution in [2.75, 3.05) is 19.7 Å². The standard InChI is InChI=1S/C15H26N2O4/c1-4-21-14(20)11-15(2,3)16-12(18)8-10-17-9-6-5-7-13(17)19/h4-11H2,1-3H3,(H,16,18). The van der Waals surface area contributed by atoms with Gasteiger partial charge < -0.3 is 15.0 Å². The van der Waals surface area contributed by atoms with E-state index in [9.17, 15) is 14.4 Å². The molecular weight excluding hydrogens is 272 g/mol. The zero-order valence-corrected chi connectivity index (χ0v) is 13.2. The molecule has 0 aliphatic carbocycles. The Balaban J connectivity index is 2.34. The number of carbonyl (C=O) groups excluding carboxylic acids is 3. The van der Waals surface area contributed by atoms with Gasteiger partial charge in [-0.2, -0.15) is 0 Å². The Morgan fingerprint density at radius 3 is 2.67 bits per heavy atom. The Labute approximate surface area is 126 Å². The number of esters is 1. The van der Waals surface area contributed by atoms with E-state index in [1.807, 2.05) is 0 Å². The molecule has 0 atom stereocenters. The van der Waals surface area contributed by atoms with Crippen LogP contribution < -0.4 is 5.32 Å². The number of piperidine rings is 1. The molecule has 1 heterocycles. The number of rotatable bonds is 7. The highest BCUT2D eigenvalue weighted by molar-refractivity contribution is 5.80. The van der Waals surface area contributed by atoms with Crippen molar-refractivity contribution in [2.45, 2.75) is 58.4 Å². The summed E-state index contributed by atoms with van der Waals surface area (Å²) in [5.41, 5.74) is -0.644. The molecule has 1 N–H and O–H groups in total. The van der Waals surface area contributed by atoms with Gasteiger partial charge in [0.1, 0.15) is 0 Å². The fraction of sp³-hybridized carbons (Fsp3) is 0.800. The van der Waals surface area contributed by atoms with Crippen LogP contribution in [-0.2, 0) is 19.1 Å². The minimum absolute atomic E-state index is 0.125. The highest BCUT2D eigenvalue weighted by atomic mass is 16.5. The van der Waals surface area contributed by atoms with Gasteiger partial charge >= 0.3 is 5.97 Å². The third-order valence-corrected chi connectivity index (χ3v) is 3.40. The molecule has 0 spiro atoms. The van der Waals surface area contributed by atoms with Gasteiger partial charge in [-0.1, -0.05) is 0 Å². The van der Waals surface area contributed by atoms with E-state index in [4.69, 9.17) is 4.74 Å². The third kappa shape index (κ3) is 6.60. The van der Waals surface area contributed by atoms with E-state index >= 15 is 0 Å². The van der Waals surface area contributed by atoms with E-state index in [1.54, 1.807) is 25.7 Å². The summed E-state index contributed by atoms with van der Waals surface area (Å²) in [4.78, 5) is 36.8. The lowest BCUT2D eigenvalue weighted by Crippen LogP contribution is -2.46. The second kappa shape index (κ2) is 8.00. The molecule has 0 unspecified atom stereocenters. The van der Waals surface area contributed by atoms with Crippen LogP contribution in [0.3, 0.4) is 0 Å². The van der Waals surface area contributed by atoms with Gasteiger partial charge in [-0.3, -0.25) is 14.4 Å². The van der Waals surface area contributed by atoms with Gasteiger partial charge in [-0.25, -0.2) is 0 Å². The number of amides is 2. The lowest BCUT2D eigenvalue weighted by atomic mass is 10.0. The SMILES string of the molecule is CCOC(=O)CC(C)(C)NC(=O)CCN1CCCCC1=O. The molecule has 120 valence electrons. The van der Waals surface area contributed by atoms with Crippen molar-refractivity contribution in [2.24, 2.45) is 0 Å². The molecule has 0 aromatic carbocycles. The van der Waals surface area contributed by atoms with E-state index in [0.29, 0.717) is 19.6 Å². The molecule has 0 radical (unpaired) electrons. The summed E-state index contributed by atoms with van der Waals surface area (Å²) in [7, 11) is 0. The van der Waals surface area contributed by atoms with Gasteiger partial charge in [0.05, 0.1) is 13.0 Å². The number of nitrogens with one attached hydrogen (secondary N) is 1. The van der Waals surface area contributed by atoms with E-state index < -0.39 is 5.54 Å². The first-order chi connectivity index (χ1) is 9.84. The van der Waals surface area contributed by atoms with Crippen molar-refractivity contribution in [3.63, 3.8) is 0 Å². The topological polar surface area (TPSA) is 75.7 Å². The molecule has 0 bridgehead atoms. The van der Waals surface area contributed by atoms with Crippen LogP contribution in [0.4, 0.5) is 0 Å². The first-order valence-corrected chi connectivity index (χ1v) is 7.58. The van der Waals surface area contributed by atoms with E-state index in [1.165, 1.54) is 0 Å². The zero-order valence-electron chi connectivity index (χ0n) is 13.2. The fourth-order valence-corrected chi connectivity index (χ4v) is 2.39. The van der Waals surface area contributed by atoms with Crippen LogP contribution in [0.1, 0.15) is 52.9 Å². The quantitative estimate of drug-likeness (QED) is 0.717. The predicted molar refractivity (Wildman–Crippen MR) is 78.5 cm³/mol. The van der Waals surface area contributed by atoms with Crippen molar-refractivity contribution in [3.05, 3.63) is 0 Å². The van der Waals surface area contributed by atoms with Crippen molar-refractivity contribution in [1.29, 1.82) is 0 Å². The Bertz CT molecular complexity index is 393. The summed E-state index contributed by atoms with van der Waals surface area (Å²) in [5, 5.41) is 2.82. The predicted octanol–water partition coefficient (Wildman–Crippen LogP) is 1.24. The van der Waals surface area contributed by atoms with Gasteiger partial charge in [0, 0.05) is 31.5 Å². The van der Waals surface area contributed by atoms with Gasteiger partial charge in [0.15, 0.2) is 0 Å². The molecule has 21 heavy (non-hydrogen) atoms. The maximum atomic E-state index is 11.9. The molecule has 1 rings (SSSR count). The summed E-state index contributed by atoms with van der Waals surface area (Å²) in [6.07, 6.45) is 2.92. The Morgan fingerprint density at radius 2 is 2.05 bits per heavy atom. The number of carbonyl (C=O) groups is 3. The normalized spacial score (nSPS) is 15.8. The minimum Gasteiger partial charge on any atom is -0.466 e. The zero-order chi connectivity index (χ0) is 15.9. The second-order valence-corrected chi connectivity index (χ2v) is 6.00. The van der Waals surface area contributed by atoms with Gasteiger partial charge in [0.25, 0.3) is 0 Å². The second-order valence-electron chi connectivity index (χ2n) is 6.00. The van der Waals surface area contributed by atoms with Crippen LogP contribution >= 0.6 is 0 Å². The molecule has 2 amide bonds. The highest BCUT2D eigenvalue weighted by Gasteiger charge is 2.25. The van der Waals surface area contributed by atoms with Crippen molar-refractivity contribution in [1.82, 2.24) is 10.2 Å². The van der Waals surface area contributed by atoms with Crippen LogP contribution in [0.5, 0.6) is 0 Å². The smallest absolute Gasteiger partial charge is 0.308 e. The third-order valence-electron chi connectivity index (χ3n) is 3.40. The first kappa shape index (κ1) is 17.5. The Hall–Kier alpha value is -1.59. The summed E-state index contributed by atoms with van der Waals surface area (Å²) in [6, 6.07) is 0. The summed E-state index contributed by atoms with van der Waals surface area (Å²) < 4.78 is 4.89. The van der Waals surface area contributed by atoms with Crippen molar-refractivity contribution >= 4 is 17.8 Å². The largest absolute Gasteiger partial charge is 0.466 e.